The monoisotopic (exact) mass is 1060 g/mol. The topological polar surface area (TPSA) is 221 Å². The minimum absolute atomic E-state index is 0. The van der Waals surface area contributed by atoms with E-state index in [-0.39, 0.29) is 75.8 Å². The van der Waals surface area contributed by atoms with Gasteiger partial charge in [0.25, 0.3) is 10.1 Å². The summed E-state index contributed by atoms with van der Waals surface area (Å²) in [5, 5.41) is 23.2. The fourth-order valence-corrected chi connectivity index (χ4v) is 10.6. The summed E-state index contributed by atoms with van der Waals surface area (Å²) in [6, 6.07) is 45.8. The van der Waals surface area contributed by atoms with Crippen molar-refractivity contribution in [2.75, 3.05) is 26.9 Å². The first-order valence-corrected chi connectivity index (χ1v) is 26.0. The van der Waals surface area contributed by atoms with Crippen LogP contribution >= 0.6 is 0 Å². The summed E-state index contributed by atoms with van der Waals surface area (Å²) in [5.74, 6) is -0.639. The van der Waals surface area contributed by atoms with Crippen molar-refractivity contribution in [2.24, 2.45) is 4.99 Å². The van der Waals surface area contributed by atoms with Crippen LogP contribution in [0.3, 0.4) is 0 Å². The third kappa shape index (κ3) is 15.0. The van der Waals surface area contributed by atoms with Crippen LogP contribution in [0.15, 0.2) is 157 Å². The van der Waals surface area contributed by atoms with E-state index in [9.17, 15) is 23.2 Å². The van der Waals surface area contributed by atoms with E-state index in [1.165, 1.54) is 14.0 Å². The average Bonchev–Trinajstić information content (AvgIpc) is 3.42. The van der Waals surface area contributed by atoms with Gasteiger partial charge in [0.15, 0.2) is 25.2 Å². The Morgan fingerprint density at radius 1 is 0.627 bits per heavy atom. The summed E-state index contributed by atoms with van der Waals surface area (Å²) in [6.07, 6.45) is -16.6. The SMILES string of the molecule is CO[C@@H]1O[C@H](COCc2ccccc2)[C@@H](O[C@@H]2OC[C@@H](OCc3ccccc3)[C@@H](OCc3ccccc3)[C@@H]2OCc2ccccc2)[C@H](O[C@@H]2O[C@@H]3COC(c4ccccc4)O[C@@H]3[C@H](S(=O)(=O)O)[C@H]2O)[C@H]1N=C(C)[O-].[Na+]. The van der Waals surface area contributed by atoms with Crippen molar-refractivity contribution in [3.8, 4) is 0 Å². The second-order valence-electron chi connectivity index (χ2n) is 18.4. The molecule has 75 heavy (non-hydrogen) atoms. The van der Waals surface area contributed by atoms with Gasteiger partial charge in [0, 0.05) is 12.7 Å². The second kappa shape index (κ2) is 27.5. The summed E-state index contributed by atoms with van der Waals surface area (Å²) >= 11 is 0. The molecule has 5 aromatic rings. The van der Waals surface area contributed by atoms with Crippen LogP contribution in [0, 0.1) is 0 Å². The average molecular weight is 1060 g/mol. The Morgan fingerprint density at radius 2 is 1.15 bits per heavy atom. The number of fused-ring (bicyclic) bond motifs is 1. The Morgan fingerprint density at radius 3 is 1.69 bits per heavy atom. The summed E-state index contributed by atoms with van der Waals surface area (Å²) < 4.78 is 115. The van der Waals surface area contributed by atoms with Crippen molar-refractivity contribution >= 4 is 16.0 Å². The first kappa shape index (κ1) is 57.1. The second-order valence-corrected chi connectivity index (χ2v) is 19.9. The summed E-state index contributed by atoms with van der Waals surface area (Å²) in [7, 11) is -3.72. The number of rotatable bonds is 21. The Labute approximate surface area is 459 Å². The quantitative estimate of drug-likeness (QED) is 0.0465. The number of hydrogen-bond acceptors (Lipinski definition) is 17. The first-order valence-electron chi connectivity index (χ1n) is 24.5. The molecule has 4 heterocycles. The maximum absolute atomic E-state index is 13.4. The van der Waals surface area contributed by atoms with Gasteiger partial charge in [0.05, 0.1) is 46.2 Å². The molecule has 20 heteroatoms. The van der Waals surface area contributed by atoms with Crippen LogP contribution in [0.4, 0.5) is 0 Å². The molecule has 1 unspecified atom stereocenters. The molecule has 18 nitrogen and oxygen atoms in total. The number of methoxy groups -OCH3 is 1. The zero-order chi connectivity index (χ0) is 51.4. The van der Waals surface area contributed by atoms with Crippen LogP contribution < -0.4 is 34.7 Å². The number of aliphatic imine (C=N–C) groups is 1. The molecule has 0 aromatic heterocycles. The van der Waals surface area contributed by atoms with E-state index in [2.05, 4.69) is 4.99 Å². The molecule has 9 rings (SSSR count). The Bertz CT molecular complexity index is 2610. The molecule has 0 radical (unpaired) electrons. The smallest absolute Gasteiger partial charge is 0.862 e. The zero-order valence-corrected chi connectivity index (χ0v) is 44.7. The van der Waals surface area contributed by atoms with Crippen molar-refractivity contribution in [3.63, 3.8) is 0 Å². The molecule has 0 amide bonds. The molecule has 4 fully saturated rings. The largest absolute Gasteiger partial charge is 1.00 e. The van der Waals surface area contributed by atoms with Gasteiger partial charge >= 0.3 is 29.6 Å². The molecular weight excluding hydrogens is 1000 g/mol. The van der Waals surface area contributed by atoms with Crippen LogP contribution in [0.2, 0.25) is 0 Å². The Hall–Kier alpha value is -4.04. The van der Waals surface area contributed by atoms with E-state index in [0.717, 1.165) is 22.3 Å². The van der Waals surface area contributed by atoms with Gasteiger partial charge < -0.3 is 67.1 Å². The fraction of sp³-hybridized carbons (Fsp3) is 0.436. The molecule has 0 aliphatic carbocycles. The van der Waals surface area contributed by atoms with Gasteiger partial charge in [-0.05, 0) is 35.1 Å². The maximum Gasteiger partial charge on any atom is 1.00 e. The fourth-order valence-electron chi connectivity index (χ4n) is 9.55. The number of aliphatic hydroxyl groups excluding tert-OH is 1. The van der Waals surface area contributed by atoms with Gasteiger partial charge in [-0.3, -0.25) is 9.55 Å². The molecular formula is C55H62NNaO17S. The Balaban J connectivity index is 0.00000747. The van der Waals surface area contributed by atoms with E-state index in [0.29, 0.717) is 5.56 Å². The van der Waals surface area contributed by atoms with Crippen LogP contribution in [-0.2, 0) is 93.4 Å². The predicted molar refractivity (Wildman–Crippen MR) is 263 cm³/mol. The minimum Gasteiger partial charge on any atom is -0.862 e. The third-order valence-corrected chi connectivity index (χ3v) is 14.4. The summed E-state index contributed by atoms with van der Waals surface area (Å²) in [5.41, 5.74) is 4.11. The molecule has 0 spiro atoms. The minimum atomic E-state index is -5.09. The molecule has 2 N–H and O–H groups in total. The molecule has 0 bridgehead atoms. The van der Waals surface area contributed by atoms with E-state index in [1.54, 1.807) is 30.3 Å². The van der Waals surface area contributed by atoms with E-state index in [4.69, 9.17) is 56.8 Å². The number of hydrogen-bond donors (Lipinski definition) is 2. The summed E-state index contributed by atoms with van der Waals surface area (Å²) in [6.45, 7) is 1.49. The van der Waals surface area contributed by atoms with Gasteiger partial charge in [0.2, 0.25) is 0 Å². The maximum atomic E-state index is 13.4. The van der Waals surface area contributed by atoms with Crippen LogP contribution in [0.5, 0.6) is 0 Å². The van der Waals surface area contributed by atoms with Gasteiger partial charge in [0.1, 0.15) is 66.2 Å². The number of benzene rings is 5. The van der Waals surface area contributed by atoms with Gasteiger partial charge in [-0.15, -0.1) is 0 Å². The van der Waals surface area contributed by atoms with E-state index in [1.807, 2.05) is 121 Å². The standard InChI is InChI=1S/C55H63NO17S.Na/c1-35(57)56-44-49(73-54-45(58)51(74(59,60)61)48-43(70-54)34-67-52(72-48)40-26-16-7-17-27-40)47(42(69-53(44)62-2)32-63-28-36-18-8-3-9-19-36)71-55-50(66-31-39-24-14-6-15-25-39)46(65-30-38-22-12-5-13-23-38)41(33-68-55)64-29-37-20-10-4-11-21-37;/h3-27,41-55,58H,28-34H2,1-2H3,(H,56,57)(H,59,60,61);/q;+1/p-1/t41-,42-,43-,44-,45-,46-,47-,48+,49-,50+,51-,52?,53-,54+,55+;/m1./s1. The van der Waals surface area contributed by atoms with Crippen LogP contribution in [0.25, 0.3) is 0 Å². The molecule has 0 saturated carbocycles. The summed E-state index contributed by atoms with van der Waals surface area (Å²) in [4.78, 5) is 4.39. The molecule has 396 valence electrons. The van der Waals surface area contributed by atoms with Crippen molar-refractivity contribution in [2.45, 2.75) is 125 Å². The Kier molecular flexibility index (Phi) is 21.0. The van der Waals surface area contributed by atoms with Crippen molar-refractivity contribution < 1.29 is 110 Å². The normalized spacial score (nSPS) is 31.2. The number of ether oxygens (including phenoxy) is 12. The van der Waals surface area contributed by atoms with Crippen LogP contribution in [-0.4, -0.2) is 136 Å². The van der Waals surface area contributed by atoms with E-state index >= 15 is 0 Å². The van der Waals surface area contributed by atoms with Gasteiger partial charge in [-0.25, -0.2) is 0 Å². The third-order valence-electron chi connectivity index (χ3n) is 13.1. The molecule has 5 aromatic carbocycles. The van der Waals surface area contributed by atoms with E-state index < -0.39 is 107 Å². The molecule has 4 aliphatic rings. The first-order chi connectivity index (χ1) is 36.0. The molecule has 4 aliphatic heterocycles. The molecule has 4 saturated heterocycles. The van der Waals surface area contributed by atoms with Gasteiger partial charge in [-0.2, -0.15) is 8.42 Å². The number of aliphatic hydroxyl groups is 1. The van der Waals surface area contributed by atoms with Crippen molar-refractivity contribution in [3.05, 3.63) is 179 Å². The number of nitrogens with zero attached hydrogens (tertiary/aromatic N) is 1. The van der Waals surface area contributed by atoms with Crippen molar-refractivity contribution in [1.82, 2.24) is 0 Å². The van der Waals surface area contributed by atoms with Crippen molar-refractivity contribution in [1.29, 1.82) is 0 Å². The van der Waals surface area contributed by atoms with Crippen LogP contribution in [0.1, 0.15) is 41.0 Å². The van der Waals surface area contributed by atoms with Gasteiger partial charge in [-0.1, -0.05) is 152 Å². The zero-order valence-electron chi connectivity index (χ0n) is 41.9. The predicted octanol–water partition coefficient (Wildman–Crippen LogP) is 2.07. The molecule has 15 atom stereocenters.